The molecule has 2 aliphatic heterocycles. The Morgan fingerprint density at radius 3 is 2.05 bits per heavy atom. The van der Waals surface area contributed by atoms with Crippen molar-refractivity contribution < 1.29 is 14.7 Å². The highest BCUT2D eigenvalue weighted by atomic mass is 35.5. The monoisotopic (exact) mass is 290 g/mol. The maximum Gasteiger partial charge on any atom is 0.309 e. The van der Waals surface area contributed by atoms with E-state index in [1.165, 1.54) is 12.8 Å². The fourth-order valence-corrected chi connectivity index (χ4v) is 2.14. The molecule has 6 heteroatoms. The van der Waals surface area contributed by atoms with Gasteiger partial charge in [-0.15, -0.1) is 12.4 Å². The lowest BCUT2D eigenvalue weighted by Gasteiger charge is -2.32. The second kappa shape index (κ2) is 7.22. The number of carboxylic acid groups (broad SMARTS) is 1. The molecule has 5 nitrogen and oxygen atoms in total. The molecule has 0 atom stereocenters. The van der Waals surface area contributed by atoms with Gasteiger partial charge in [0.05, 0.1) is 5.92 Å². The van der Waals surface area contributed by atoms with E-state index in [-0.39, 0.29) is 18.3 Å². The zero-order valence-electron chi connectivity index (χ0n) is 11.3. The number of carbonyl (C=O) groups excluding carboxylic acids is 1. The van der Waals surface area contributed by atoms with Gasteiger partial charge in [0.15, 0.2) is 0 Å². The third-order valence-electron chi connectivity index (χ3n) is 3.84. The minimum atomic E-state index is -0.664. The number of likely N-dealkylation sites (tertiary alicyclic amines) is 1. The number of carboxylic acids is 1. The molecule has 110 valence electrons. The molecule has 0 aromatic heterocycles. The van der Waals surface area contributed by atoms with E-state index in [4.69, 9.17) is 5.11 Å². The number of ketones is 1. The number of nitrogens with zero attached hydrogens (tertiary/aromatic N) is 1. The van der Waals surface area contributed by atoms with Crippen LogP contribution >= 0.6 is 12.4 Å². The van der Waals surface area contributed by atoms with Crippen molar-refractivity contribution in [3.63, 3.8) is 0 Å². The number of rotatable bonds is 4. The fourth-order valence-electron chi connectivity index (χ4n) is 2.14. The number of hydrogen-bond donors (Lipinski definition) is 2. The summed E-state index contributed by atoms with van der Waals surface area (Å²) in [5.41, 5.74) is 0. The van der Waals surface area contributed by atoms with Crippen LogP contribution in [0.1, 0.15) is 19.3 Å². The highest BCUT2D eigenvalue weighted by Crippen LogP contribution is 2.33. The van der Waals surface area contributed by atoms with E-state index in [2.05, 4.69) is 5.32 Å². The number of nitrogens with one attached hydrogen (secondary N) is 1. The summed E-state index contributed by atoms with van der Waals surface area (Å²) < 4.78 is 0. The third kappa shape index (κ3) is 5.09. The van der Waals surface area contributed by atoms with Gasteiger partial charge in [-0.05, 0) is 25.8 Å². The van der Waals surface area contributed by atoms with Crippen LogP contribution in [0.2, 0.25) is 0 Å². The Kier molecular flexibility index (Phi) is 6.23. The molecule has 1 aliphatic carbocycles. The highest BCUT2D eigenvalue weighted by Gasteiger charge is 2.31. The lowest BCUT2D eigenvalue weighted by molar-refractivity contribution is -0.146. The van der Waals surface area contributed by atoms with Gasteiger partial charge in [0, 0.05) is 38.5 Å². The van der Waals surface area contributed by atoms with Gasteiger partial charge in [0.25, 0.3) is 0 Å². The molecule has 19 heavy (non-hydrogen) atoms. The molecule has 3 aliphatic rings. The number of Topliss-reactive ketones (excluding diaryl/α,β-unsaturated/α-hetero) is 1. The van der Waals surface area contributed by atoms with E-state index in [1.54, 1.807) is 0 Å². The lowest BCUT2D eigenvalue weighted by atomic mass is 9.94. The van der Waals surface area contributed by atoms with Gasteiger partial charge < -0.3 is 15.3 Å². The summed E-state index contributed by atoms with van der Waals surface area (Å²) in [7, 11) is 1.92. The Morgan fingerprint density at radius 2 is 1.79 bits per heavy atom. The maximum atomic E-state index is 11.2. The first-order chi connectivity index (χ1) is 8.56. The number of hydrogen-bond acceptors (Lipinski definition) is 4. The second-order valence-electron chi connectivity index (χ2n) is 5.73. The van der Waals surface area contributed by atoms with E-state index in [9.17, 15) is 9.59 Å². The molecule has 0 radical (unpaired) electrons. The molecule has 1 saturated carbocycles. The van der Waals surface area contributed by atoms with Crippen molar-refractivity contribution in [3.8, 4) is 0 Å². The summed E-state index contributed by atoms with van der Waals surface area (Å²) in [5, 5.41) is 11.4. The van der Waals surface area contributed by atoms with Crippen LogP contribution in [0.4, 0.5) is 0 Å². The van der Waals surface area contributed by atoms with Gasteiger partial charge in [-0.25, -0.2) is 0 Å². The molecule has 0 amide bonds. The van der Waals surface area contributed by atoms with E-state index in [0.717, 1.165) is 38.5 Å². The summed E-state index contributed by atoms with van der Waals surface area (Å²) in [6.45, 7) is 3.31. The first-order valence-electron chi connectivity index (χ1n) is 6.71. The highest BCUT2D eigenvalue weighted by molar-refractivity contribution is 5.85. The Hall–Kier alpha value is -0.650. The average molecular weight is 291 g/mol. The fraction of sp³-hybridized carbons (Fsp3) is 0.846. The summed E-state index contributed by atoms with van der Waals surface area (Å²) in [6, 6.07) is 0. The van der Waals surface area contributed by atoms with Crippen molar-refractivity contribution in [2.45, 2.75) is 19.3 Å². The van der Waals surface area contributed by atoms with Gasteiger partial charge in [-0.2, -0.15) is 0 Å². The van der Waals surface area contributed by atoms with Crippen LogP contribution in [0, 0.1) is 17.8 Å². The normalized spacial score (nSPS) is 23.2. The standard InChI is InChI=1S/C8H13NO.C5H9NO2.ClH/c10-8(3-6-1-2-6)7-4-9-5-7;1-6-2-4(3-6)5(7)8;/h6-7,9H,1-5H2;4H,2-3H2,1H3,(H,7,8);1H. The zero-order chi connectivity index (χ0) is 13.1. The number of aliphatic carboxylic acids is 1. The minimum absolute atomic E-state index is 0. The molecule has 3 fully saturated rings. The van der Waals surface area contributed by atoms with E-state index >= 15 is 0 Å². The van der Waals surface area contributed by atoms with Crippen LogP contribution in [0.15, 0.2) is 0 Å². The predicted molar refractivity (Wildman–Crippen MR) is 74.6 cm³/mol. The van der Waals surface area contributed by atoms with Gasteiger partial charge in [0.1, 0.15) is 5.78 Å². The predicted octanol–water partition coefficient (Wildman–Crippen LogP) is 0.629. The summed E-state index contributed by atoms with van der Waals surface area (Å²) in [6.07, 6.45) is 3.46. The zero-order valence-corrected chi connectivity index (χ0v) is 12.1. The Morgan fingerprint density at radius 1 is 1.21 bits per heavy atom. The molecule has 2 saturated heterocycles. The Balaban J connectivity index is 0.000000185. The van der Waals surface area contributed by atoms with Crippen molar-refractivity contribution in [3.05, 3.63) is 0 Å². The Bertz CT molecular complexity index is 324. The van der Waals surface area contributed by atoms with E-state index < -0.39 is 5.97 Å². The second-order valence-corrected chi connectivity index (χ2v) is 5.73. The largest absolute Gasteiger partial charge is 0.481 e. The van der Waals surface area contributed by atoms with Crippen molar-refractivity contribution in [2.24, 2.45) is 17.8 Å². The van der Waals surface area contributed by atoms with Crippen LogP contribution in [0.25, 0.3) is 0 Å². The average Bonchev–Trinajstić information content (AvgIpc) is 2.94. The molecule has 0 aromatic rings. The van der Waals surface area contributed by atoms with Crippen LogP contribution in [-0.2, 0) is 9.59 Å². The van der Waals surface area contributed by atoms with Gasteiger partial charge in [-0.3, -0.25) is 9.59 Å². The van der Waals surface area contributed by atoms with Gasteiger partial charge >= 0.3 is 5.97 Å². The minimum Gasteiger partial charge on any atom is -0.481 e. The topological polar surface area (TPSA) is 69.6 Å². The van der Waals surface area contributed by atoms with Crippen LogP contribution in [0.5, 0.6) is 0 Å². The summed E-state index contributed by atoms with van der Waals surface area (Å²) in [5.74, 6) is 0.887. The molecule has 0 bridgehead atoms. The smallest absolute Gasteiger partial charge is 0.309 e. The van der Waals surface area contributed by atoms with Crippen LogP contribution in [-0.4, -0.2) is 55.0 Å². The molecule has 0 unspecified atom stereocenters. The van der Waals surface area contributed by atoms with E-state index in [1.807, 2.05) is 11.9 Å². The molecule has 0 aromatic carbocycles. The Labute approximate surface area is 120 Å². The summed E-state index contributed by atoms with van der Waals surface area (Å²) >= 11 is 0. The first-order valence-corrected chi connectivity index (χ1v) is 6.71. The number of halogens is 1. The van der Waals surface area contributed by atoms with E-state index in [0.29, 0.717) is 11.7 Å². The molecule has 3 rings (SSSR count). The third-order valence-corrected chi connectivity index (χ3v) is 3.84. The quantitative estimate of drug-likeness (QED) is 0.795. The van der Waals surface area contributed by atoms with Crippen molar-refractivity contribution in [2.75, 3.05) is 33.2 Å². The number of carbonyl (C=O) groups is 2. The lowest BCUT2D eigenvalue weighted by Crippen LogP contribution is -2.47. The van der Waals surface area contributed by atoms with Gasteiger partial charge in [0.2, 0.25) is 0 Å². The molecular formula is C13H23ClN2O3. The SMILES string of the molecule is CN1CC(C(=O)O)C1.Cl.O=C(CC1CC1)C1CNC1. The van der Waals surface area contributed by atoms with Gasteiger partial charge in [-0.1, -0.05) is 0 Å². The van der Waals surface area contributed by atoms with Crippen LogP contribution < -0.4 is 5.32 Å². The maximum absolute atomic E-state index is 11.2. The van der Waals surface area contributed by atoms with Crippen LogP contribution in [0.3, 0.4) is 0 Å². The van der Waals surface area contributed by atoms with Crippen molar-refractivity contribution in [1.82, 2.24) is 10.2 Å². The molecule has 2 N–H and O–H groups in total. The summed E-state index contributed by atoms with van der Waals surface area (Å²) in [4.78, 5) is 23.3. The molecule has 0 spiro atoms. The molecular weight excluding hydrogens is 268 g/mol. The molecule has 2 heterocycles. The first kappa shape index (κ1) is 16.4. The van der Waals surface area contributed by atoms with Crippen molar-refractivity contribution in [1.29, 1.82) is 0 Å². The van der Waals surface area contributed by atoms with Crippen molar-refractivity contribution >= 4 is 24.2 Å².